The van der Waals surface area contributed by atoms with E-state index in [4.69, 9.17) is 0 Å². The number of aliphatic hydroxyl groups is 1. The molecule has 4 atom stereocenters. The molecule has 2 fully saturated rings. The van der Waals surface area contributed by atoms with Crippen LogP contribution in [0.15, 0.2) is 0 Å². The zero-order chi connectivity index (χ0) is 9.26. The standard InChI is InChI=1S/C10H20N2O/c1-7-4-9(12-5-7)10(13)8-2-3-11-6-8/h7-13H,2-6H2,1H3/t7-,8?,9-,10+/m0/s1. The van der Waals surface area contributed by atoms with Crippen molar-refractivity contribution in [3.05, 3.63) is 0 Å². The van der Waals surface area contributed by atoms with Gasteiger partial charge in [0.1, 0.15) is 0 Å². The normalized spacial score (nSPS) is 42.5. The molecule has 0 amide bonds. The largest absolute Gasteiger partial charge is 0.391 e. The highest BCUT2D eigenvalue weighted by Crippen LogP contribution is 2.22. The van der Waals surface area contributed by atoms with Crippen LogP contribution in [0.25, 0.3) is 0 Å². The lowest BCUT2D eigenvalue weighted by molar-refractivity contribution is 0.0823. The van der Waals surface area contributed by atoms with Crippen LogP contribution in [0.4, 0.5) is 0 Å². The van der Waals surface area contributed by atoms with Gasteiger partial charge in [-0.1, -0.05) is 6.92 Å². The predicted octanol–water partition coefficient (Wildman–Crippen LogP) is -0.0452. The first-order chi connectivity index (χ1) is 6.27. The molecule has 2 aliphatic heterocycles. The summed E-state index contributed by atoms with van der Waals surface area (Å²) >= 11 is 0. The summed E-state index contributed by atoms with van der Waals surface area (Å²) in [6.45, 7) is 5.38. The Kier molecular flexibility index (Phi) is 2.86. The summed E-state index contributed by atoms with van der Waals surface area (Å²) in [5.74, 6) is 1.21. The van der Waals surface area contributed by atoms with Gasteiger partial charge in [-0.25, -0.2) is 0 Å². The van der Waals surface area contributed by atoms with E-state index >= 15 is 0 Å². The Balaban J connectivity index is 1.85. The molecule has 13 heavy (non-hydrogen) atoms. The van der Waals surface area contributed by atoms with Gasteiger partial charge in [0.2, 0.25) is 0 Å². The first-order valence-electron chi connectivity index (χ1n) is 5.39. The Morgan fingerprint density at radius 1 is 1.38 bits per heavy atom. The van der Waals surface area contributed by atoms with Crippen molar-refractivity contribution in [3.63, 3.8) is 0 Å². The number of nitrogens with one attached hydrogen (secondary N) is 2. The lowest BCUT2D eigenvalue weighted by Gasteiger charge is -2.23. The monoisotopic (exact) mass is 184 g/mol. The van der Waals surface area contributed by atoms with Gasteiger partial charge < -0.3 is 15.7 Å². The molecule has 0 aliphatic carbocycles. The maximum atomic E-state index is 10.1. The molecular weight excluding hydrogens is 164 g/mol. The van der Waals surface area contributed by atoms with Crippen molar-refractivity contribution in [3.8, 4) is 0 Å². The van der Waals surface area contributed by atoms with Crippen LogP contribution in [0, 0.1) is 11.8 Å². The number of aliphatic hydroxyl groups excluding tert-OH is 1. The highest BCUT2D eigenvalue weighted by molar-refractivity contribution is 4.90. The number of rotatable bonds is 2. The molecule has 0 saturated carbocycles. The topological polar surface area (TPSA) is 44.3 Å². The quantitative estimate of drug-likeness (QED) is 0.564. The molecule has 3 nitrogen and oxygen atoms in total. The summed E-state index contributed by atoms with van der Waals surface area (Å²) in [4.78, 5) is 0. The zero-order valence-corrected chi connectivity index (χ0v) is 8.29. The predicted molar refractivity (Wildman–Crippen MR) is 52.6 cm³/mol. The molecule has 0 spiro atoms. The highest BCUT2D eigenvalue weighted by atomic mass is 16.3. The van der Waals surface area contributed by atoms with E-state index in [1.54, 1.807) is 0 Å². The summed E-state index contributed by atoms with van der Waals surface area (Å²) in [6.07, 6.45) is 2.13. The van der Waals surface area contributed by atoms with E-state index < -0.39 is 0 Å². The summed E-state index contributed by atoms with van der Waals surface area (Å²) in [5.41, 5.74) is 0. The van der Waals surface area contributed by atoms with Crippen molar-refractivity contribution in [2.45, 2.75) is 31.9 Å². The molecule has 3 heteroatoms. The summed E-state index contributed by atoms with van der Waals surface area (Å²) in [7, 11) is 0. The second-order valence-corrected chi connectivity index (χ2v) is 4.60. The van der Waals surface area contributed by atoms with Gasteiger partial charge in [-0.05, 0) is 31.8 Å². The molecule has 0 radical (unpaired) electrons. The lowest BCUT2D eigenvalue weighted by atomic mass is 9.93. The molecule has 2 rings (SSSR count). The van der Waals surface area contributed by atoms with Crippen molar-refractivity contribution in [1.29, 1.82) is 0 Å². The van der Waals surface area contributed by atoms with Crippen molar-refractivity contribution in [2.75, 3.05) is 19.6 Å². The molecule has 2 heterocycles. The van der Waals surface area contributed by atoms with Crippen molar-refractivity contribution >= 4 is 0 Å². The second kappa shape index (κ2) is 3.95. The van der Waals surface area contributed by atoms with Gasteiger partial charge in [0.05, 0.1) is 6.10 Å². The van der Waals surface area contributed by atoms with Crippen molar-refractivity contribution in [2.24, 2.45) is 11.8 Å². The first-order valence-corrected chi connectivity index (χ1v) is 5.39. The van der Waals surface area contributed by atoms with Gasteiger partial charge in [-0.15, -0.1) is 0 Å². The van der Waals surface area contributed by atoms with E-state index in [-0.39, 0.29) is 6.10 Å². The molecule has 0 aromatic carbocycles. The molecule has 2 aliphatic rings. The number of hydrogen-bond donors (Lipinski definition) is 3. The summed E-state index contributed by atoms with van der Waals surface area (Å²) < 4.78 is 0. The average Bonchev–Trinajstić information content (AvgIpc) is 2.72. The van der Waals surface area contributed by atoms with Crippen LogP contribution in [0.5, 0.6) is 0 Å². The fourth-order valence-corrected chi connectivity index (χ4v) is 2.51. The third-order valence-electron chi connectivity index (χ3n) is 3.38. The van der Waals surface area contributed by atoms with Gasteiger partial charge >= 0.3 is 0 Å². The lowest BCUT2D eigenvalue weighted by Crippen LogP contribution is -2.40. The van der Waals surface area contributed by atoms with Gasteiger partial charge in [0, 0.05) is 18.5 Å². The minimum atomic E-state index is -0.139. The SMILES string of the molecule is C[C@@H]1CN[C@H]([C@H](O)C2CCNC2)C1. The maximum absolute atomic E-state index is 10.1. The van der Waals surface area contributed by atoms with Crippen LogP contribution in [0.3, 0.4) is 0 Å². The van der Waals surface area contributed by atoms with Gasteiger partial charge in [0.15, 0.2) is 0 Å². The van der Waals surface area contributed by atoms with Crippen LogP contribution in [0.2, 0.25) is 0 Å². The Morgan fingerprint density at radius 2 is 2.23 bits per heavy atom. The first kappa shape index (κ1) is 9.44. The van der Waals surface area contributed by atoms with Crippen LogP contribution < -0.4 is 10.6 Å². The summed E-state index contributed by atoms with van der Waals surface area (Å²) in [5, 5.41) is 16.8. The van der Waals surface area contributed by atoms with Gasteiger partial charge in [-0.2, -0.15) is 0 Å². The van der Waals surface area contributed by atoms with Crippen LogP contribution >= 0.6 is 0 Å². The smallest absolute Gasteiger partial charge is 0.0733 e. The van der Waals surface area contributed by atoms with E-state index in [2.05, 4.69) is 17.6 Å². The molecule has 1 unspecified atom stereocenters. The molecule has 76 valence electrons. The number of hydrogen-bond acceptors (Lipinski definition) is 3. The van der Waals surface area contributed by atoms with Gasteiger partial charge in [0.25, 0.3) is 0 Å². The minimum Gasteiger partial charge on any atom is -0.391 e. The Hall–Kier alpha value is -0.120. The van der Waals surface area contributed by atoms with Crippen LogP contribution in [-0.2, 0) is 0 Å². The van der Waals surface area contributed by atoms with E-state index in [1.165, 1.54) is 0 Å². The fraction of sp³-hybridized carbons (Fsp3) is 1.00. The van der Waals surface area contributed by atoms with E-state index in [1.807, 2.05) is 0 Å². The second-order valence-electron chi connectivity index (χ2n) is 4.60. The van der Waals surface area contributed by atoms with Crippen LogP contribution in [0.1, 0.15) is 19.8 Å². The minimum absolute atomic E-state index is 0.139. The van der Waals surface area contributed by atoms with E-state index in [0.717, 1.165) is 38.4 Å². The zero-order valence-electron chi connectivity index (χ0n) is 8.29. The molecule has 2 saturated heterocycles. The molecule has 3 N–H and O–H groups in total. The molecule has 0 aromatic rings. The van der Waals surface area contributed by atoms with E-state index in [9.17, 15) is 5.11 Å². The van der Waals surface area contributed by atoms with E-state index in [0.29, 0.717) is 12.0 Å². The third kappa shape index (κ3) is 2.03. The van der Waals surface area contributed by atoms with Crippen LogP contribution in [-0.4, -0.2) is 36.9 Å². The van der Waals surface area contributed by atoms with Crippen molar-refractivity contribution < 1.29 is 5.11 Å². The summed E-state index contributed by atoms with van der Waals surface area (Å²) in [6, 6.07) is 0.347. The maximum Gasteiger partial charge on any atom is 0.0733 e. The fourth-order valence-electron chi connectivity index (χ4n) is 2.51. The highest BCUT2D eigenvalue weighted by Gasteiger charge is 2.33. The molecule has 0 aromatic heterocycles. The Labute approximate surface area is 79.9 Å². The third-order valence-corrected chi connectivity index (χ3v) is 3.38. The average molecular weight is 184 g/mol. The van der Waals surface area contributed by atoms with Gasteiger partial charge in [-0.3, -0.25) is 0 Å². The Morgan fingerprint density at radius 3 is 2.77 bits per heavy atom. The molecular formula is C10H20N2O. The Bertz CT molecular complexity index is 168. The molecule has 0 bridgehead atoms. The van der Waals surface area contributed by atoms with Crippen molar-refractivity contribution in [1.82, 2.24) is 10.6 Å².